The quantitative estimate of drug-likeness (QED) is 0.0783. The van der Waals surface area contributed by atoms with Gasteiger partial charge in [-0.25, -0.2) is 0 Å². The number of nitro groups is 1. The molecule has 41 heavy (non-hydrogen) atoms. The van der Waals surface area contributed by atoms with E-state index in [9.17, 15) is 29.3 Å². The van der Waals surface area contributed by atoms with Crippen LogP contribution in [0.4, 0.5) is 5.69 Å². The zero-order valence-electron chi connectivity index (χ0n) is 23.5. The summed E-state index contributed by atoms with van der Waals surface area (Å²) >= 11 is 1.38. The van der Waals surface area contributed by atoms with Gasteiger partial charge in [-0.2, -0.15) is 0 Å². The van der Waals surface area contributed by atoms with E-state index in [1.807, 2.05) is 0 Å². The Labute approximate surface area is 242 Å². The number of nitrogens with zero attached hydrogens (tertiary/aromatic N) is 1. The van der Waals surface area contributed by atoms with Crippen molar-refractivity contribution in [3.05, 3.63) is 46.7 Å². The molecule has 13 nitrogen and oxygen atoms in total. The van der Waals surface area contributed by atoms with Crippen molar-refractivity contribution >= 4 is 41.3 Å². The summed E-state index contributed by atoms with van der Waals surface area (Å²) in [5, 5.41) is 13.5. The molecule has 0 spiro atoms. The number of hydrogen-bond donors (Lipinski definition) is 1. The third-order valence-electron chi connectivity index (χ3n) is 5.76. The molecule has 1 heterocycles. The number of nitrogens with one attached hydrogen (secondary N) is 1. The maximum Gasteiger partial charge on any atom is 0.303 e. The van der Waals surface area contributed by atoms with Crippen LogP contribution in [0.15, 0.2) is 36.6 Å². The van der Waals surface area contributed by atoms with E-state index < -0.39 is 58.5 Å². The molecule has 0 aliphatic carbocycles. The van der Waals surface area contributed by atoms with Gasteiger partial charge in [0.1, 0.15) is 29.9 Å². The van der Waals surface area contributed by atoms with Gasteiger partial charge in [0.15, 0.2) is 12.2 Å². The summed E-state index contributed by atoms with van der Waals surface area (Å²) in [5.74, 6) is -0.651. The van der Waals surface area contributed by atoms with Gasteiger partial charge in [0.25, 0.3) is 5.69 Å². The number of benzene rings is 1. The SMILES string of the molecule is C=C(CCCCCS[C@@H]1O[C@H](COC(C)=O)[C@@H](OC(C)=O)C(OC(C)=O)[C@@H]1NC(C)=O)Oc1ccc([N+](=O)[O-])cc1. The van der Waals surface area contributed by atoms with Crippen LogP contribution < -0.4 is 10.1 Å². The monoisotopic (exact) mass is 596 g/mol. The molecular weight excluding hydrogens is 560 g/mol. The van der Waals surface area contributed by atoms with Crippen LogP contribution in [0.2, 0.25) is 0 Å². The lowest BCUT2D eigenvalue weighted by molar-refractivity contribution is -0.384. The van der Waals surface area contributed by atoms with Crippen LogP contribution in [0, 0.1) is 10.1 Å². The highest BCUT2D eigenvalue weighted by Gasteiger charge is 2.50. The van der Waals surface area contributed by atoms with Gasteiger partial charge in [0.2, 0.25) is 5.91 Å². The summed E-state index contributed by atoms with van der Waals surface area (Å²) in [7, 11) is 0. The van der Waals surface area contributed by atoms with Crippen molar-refractivity contribution < 1.29 is 47.8 Å². The first-order chi connectivity index (χ1) is 19.4. The highest BCUT2D eigenvalue weighted by molar-refractivity contribution is 7.99. The molecule has 1 aliphatic rings. The fourth-order valence-electron chi connectivity index (χ4n) is 4.09. The molecule has 14 heteroatoms. The Hall–Kier alpha value is -3.65. The number of rotatable bonds is 15. The lowest BCUT2D eigenvalue weighted by Crippen LogP contribution is -2.65. The largest absolute Gasteiger partial charge is 0.463 e. The minimum atomic E-state index is -1.12. The van der Waals surface area contributed by atoms with Gasteiger partial charge < -0.3 is 29.0 Å². The number of amides is 1. The van der Waals surface area contributed by atoms with Gasteiger partial charge in [-0.3, -0.25) is 29.3 Å². The highest BCUT2D eigenvalue weighted by atomic mass is 32.2. The standard InChI is InChI=1S/C27H36N2O11S/c1-16(37-22-12-10-21(11-13-22)29(34)35)9-7-6-8-14-41-27-24(28-17(2)30)26(39-20(5)33)25(38-19(4)32)23(40-27)15-36-18(3)31/h10-13,23-27H,1,6-9,14-15H2,2-5H3,(H,28,30)/t23-,24+,25-,26?,27+/m1/s1. The molecule has 0 radical (unpaired) electrons. The van der Waals surface area contributed by atoms with Crippen molar-refractivity contribution in [1.29, 1.82) is 0 Å². The number of non-ortho nitro benzene ring substituents is 1. The smallest absolute Gasteiger partial charge is 0.303 e. The molecule has 1 fully saturated rings. The fourth-order valence-corrected chi connectivity index (χ4v) is 5.34. The third kappa shape index (κ3) is 11.8. The Balaban J connectivity index is 1.97. The molecule has 2 rings (SSSR count). The third-order valence-corrected chi connectivity index (χ3v) is 7.02. The molecule has 1 saturated heterocycles. The number of carbonyl (C=O) groups excluding carboxylic acids is 4. The zero-order valence-corrected chi connectivity index (χ0v) is 24.3. The fraction of sp³-hybridized carbons (Fsp3) is 0.556. The molecule has 5 atom stereocenters. The van der Waals surface area contributed by atoms with Crippen molar-refractivity contribution in [3.8, 4) is 5.75 Å². The molecule has 1 N–H and O–H groups in total. The first kappa shape index (κ1) is 33.6. The van der Waals surface area contributed by atoms with Gasteiger partial charge in [0, 0.05) is 46.2 Å². The summed E-state index contributed by atoms with van der Waals surface area (Å²) in [6.07, 6.45) is -0.199. The summed E-state index contributed by atoms with van der Waals surface area (Å²) in [4.78, 5) is 57.6. The summed E-state index contributed by atoms with van der Waals surface area (Å²) in [6, 6.07) is 4.91. The maximum absolute atomic E-state index is 12.0. The summed E-state index contributed by atoms with van der Waals surface area (Å²) < 4.78 is 27.8. The van der Waals surface area contributed by atoms with Crippen LogP contribution in [0.1, 0.15) is 53.4 Å². The molecule has 226 valence electrons. The molecule has 1 aromatic rings. The Morgan fingerprint density at radius 3 is 2.17 bits per heavy atom. The minimum Gasteiger partial charge on any atom is -0.463 e. The predicted octanol–water partition coefficient (Wildman–Crippen LogP) is 3.44. The van der Waals surface area contributed by atoms with Gasteiger partial charge in [-0.1, -0.05) is 13.0 Å². The van der Waals surface area contributed by atoms with E-state index in [1.54, 1.807) is 0 Å². The van der Waals surface area contributed by atoms with E-state index in [0.29, 0.717) is 23.7 Å². The van der Waals surface area contributed by atoms with Crippen LogP contribution in [0.5, 0.6) is 5.75 Å². The highest BCUT2D eigenvalue weighted by Crippen LogP contribution is 2.33. The molecule has 1 aliphatic heterocycles. The number of esters is 3. The maximum atomic E-state index is 12.0. The van der Waals surface area contributed by atoms with Gasteiger partial charge in [-0.05, 0) is 30.7 Å². The Morgan fingerprint density at radius 2 is 1.61 bits per heavy atom. The van der Waals surface area contributed by atoms with E-state index in [1.165, 1.54) is 63.7 Å². The van der Waals surface area contributed by atoms with Crippen LogP contribution in [-0.2, 0) is 38.1 Å². The summed E-state index contributed by atoms with van der Waals surface area (Å²) in [5.41, 5.74) is -0.724. The van der Waals surface area contributed by atoms with E-state index in [0.717, 1.165) is 19.3 Å². The van der Waals surface area contributed by atoms with Crippen LogP contribution in [-0.4, -0.2) is 70.9 Å². The van der Waals surface area contributed by atoms with E-state index >= 15 is 0 Å². The Morgan fingerprint density at radius 1 is 0.976 bits per heavy atom. The minimum absolute atomic E-state index is 0.0260. The van der Waals surface area contributed by atoms with Crippen LogP contribution in [0.25, 0.3) is 0 Å². The number of ether oxygens (including phenoxy) is 5. The van der Waals surface area contributed by atoms with Crippen molar-refractivity contribution in [2.75, 3.05) is 12.4 Å². The second kappa shape index (κ2) is 16.6. The van der Waals surface area contributed by atoms with Crippen molar-refractivity contribution in [2.24, 2.45) is 0 Å². The zero-order chi connectivity index (χ0) is 30.5. The van der Waals surface area contributed by atoms with Crippen LogP contribution >= 0.6 is 11.8 Å². The Kier molecular flexibility index (Phi) is 13.6. The first-order valence-electron chi connectivity index (χ1n) is 13.0. The average Bonchev–Trinajstić information content (AvgIpc) is 2.87. The molecule has 0 aromatic heterocycles. The van der Waals surface area contributed by atoms with Crippen molar-refractivity contribution in [2.45, 2.75) is 83.2 Å². The number of nitro benzene ring substituents is 1. The molecule has 1 unspecified atom stereocenters. The van der Waals surface area contributed by atoms with E-state index in [4.69, 9.17) is 23.7 Å². The van der Waals surface area contributed by atoms with Crippen LogP contribution in [0.3, 0.4) is 0 Å². The lowest BCUT2D eigenvalue weighted by atomic mass is 9.97. The number of carbonyl (C=O) groups is 4. The number of thioether (sulfide) groups is 1. The molecule has 0 bridgehead atoms. The summed E-state index contributed by atoms with van der Waals surface area (Å²) in [6.45, 7) is 8.58. The number of hydrogen-bond acceptors (Lipinski definition) is 12. The van der Waals surface area contributed by atoms with Crippen molar-refractivity contribution in [1.82, 2.24) is 5.32 Å². The normalized spacial score (nSPS) is 21.7. The second-order valence-corrected chi connectivity index (χ2v) is 10.5. The lowest BCUT2D eigenvalue weighted by Gasteiger charge is -2.45. The average molecular weight is 597 g/mol. The predicted molar refractivity (Wildman–Crippen MR) is 148 cm³/mol. The molecular formula is C27H36N2O11S. The van der Waals surface area contributed by atoms with E-state index in [2.05, 4.69) is 11.9 Å². The first-order valence-corrected chi connectivity index (χ1v) is 14.0. The Bertz CT molecular complexity index is 1100. The topological polar surface area (TPSA) is 170 Å². The van der Waals surface area contributed by atoms with Crippen molar-refractivity contribution in [3.63, 3.8) is 0 Å². The van der Waals surface area contributed by atoms with E-state index in [-0.39, 0.29) is 12.3 Å². The van der Waals surface area contributed by atoms with Gasteiger partial charge >= 0.3 is 17.9 Å². The molecule has 1 aromatic carbocycles. The molecule has 0 saturated carbocycles. The van der Waals surface area contributed by atoms with Gasteiger partial charge in [0.05, 0.1) is 10.7 Å². The molecule has 1 amide bonds. The number of unbranched alkanes of at least 4 members (excludes halogenated alkanes) is 2. The second-order valence-electron chi connectivity index (χ2n) is 9.29. The van der Waals surface area contributed by atoms with Gasteiger partial charge in [-0.15, -0.1) is 11.8 Å². The number of allylic oxidation sites excluding steroid dienone is 1.